The molecular formula is C10H11N3. The lowest BCUT2D eigenvalue weighted by atomic mass is 10.2. The van der Waals surface area contributed by atoms with E-state index in [1.165, 1.54) is 0 Å². The Hall–Kier alpha value is -1.51. The molecule has 66 valence electrons. The third kappa shape index (κ3) is 1.64. The van der Waals surface area contributed by atoms with Crippen LogP contribution in [0.15, 0.2) is 23.5 Å². The van der Waals surface area contributed by atoms with E-state index in [0.29, 0.717) is 0 Å². The average molecular weight is 173 g/mol. The van der Waals surface area contributed by atoms with Gasteiger partial charge in [-0.15, -0.1) is 0 Å². The zero-order valence-corrected chi connectivity index (χ0v) is 7.78. The smallest absolute Gasteiger partial charge is 0.0864 e. The summed E-state index contributed by atoms with van der Waals surface area (Å²) in [6, 6.07) is 0. The third-order valence-electron chi connectivity index (χ3n) is 1.99. The zero-order chi connectivity index (χ0) is 9.26. The van der Waals surface area contributed by atoms with Crippen LogP contribution >= 0.6 is 0 Å². The fraction of sp³-hybridized carbons (Fsp3) is 0.300. The average Bonchev–Trinajstić information content (AvgIpc) is 2.53. The number of allylic oxidation sites excluding steroid dienone is 1. The van der Waals surface area contributed by atoms with Crippen LogP contribution < -0.4 is 0 Å². The quantitative estimate of drug-likeness (QED) is 0.647. The van der Waals surface area contributed by atoms with Crippen LogP contribution in [0.3, 0.4) is 0 Å². The van der Waals surface area contributed by atoms with E-state index in [0.717, 1.165) is 29.2 Å². The molecule has 3 nitrogen and oxygen atoms in total. The van der Waals surface area contributed by atoms with Crippen molar-refractivity contribution in [3.05, 3.63) is 29.9 Å². The van der Waals surface area contributed by atoms with Crippen LogP contribution in [0, 0.1) is 6.92 Å². The van der Waals surface area contributed by atoms with E-state index in [1.54, 1.807) is 12.4 Å². The van der Waals surface area contributed by atoms with Gasteiger partial charge < -0.3 is 0 Å². The van der Waals surface area contributed by atoms with Gasteiger partial charge in [-0.3, -0.25) is 15.0 Å². The largest absolute Gasteiger partial charge is 0.285 e. The molecule has 0 unspecified atom stereocenters. The summed E-state index contributed by atoms with van der Waals surface area (Å²) in [5.41, 5.74) is 4.11. The summed E-state index contributed by atoms with van der Waals surface area (Å²) in [6.07, 6.45) is 5.64. The van der Waals surface area contributed by atoms with Crippen molar-refractivity contribution in [1.29, 1.82) is 0 Å². The molecule has 0 amide bonds. The fourth-order valence-corrected chi connectivity index (χ4v) is 1.27. The van der Waals surface area contributed by atoms with Crippen molar-refractivity contribution in [2.45, 2.75) is 13.8 Å². The van der Waals surface area contributed by atoms with E-state index in [1.807, 2.05) is 13.8 Å². The number of aliphatic imine (C=N–C) groups is 1. The molecule has 3 heteroatoms. The molecule has 0 aromatic carbocycles. The highest BCUT2D eigenvalue weighted by molar-refractivity contribution is 6.02. The summed E-state index contributed by atoms with van der Waals surface area (Å²) in [5, 5.41) is 0. The summed E-state index contributed by atoms with van der Waals surface area (Å²) in [7, 11) is 0. The fourth-order valence-electron chi connectivity index (χ4n) is 1.27. The van der Waals surface area contributed by atoms with Gasteiger partial charge in [-0.25, -0.2) is 0 Å². The third-order valence-corrected chi connectivity index (χ3v) is 1.99. The van der Waals surface area contributed by atoms with E-state index < -0.39 is 0 Å². The first-order valence-electron chi connectivity index (χ1n) is 4.26. The van der Waals surface area contributed by atoms with Gasteiger partial charge in [0.15, 0.2) is 0 Å². The first-order chi connectivity index (χ1) is 6.25. The predicted molar refractivity (Wildman–Crippen MR) is 52.7 cm³/mol. The maximum absolute atomic E-state index is 4.29. The van der Waals surface area contributed by atoms with Crippen molar-refractivity contribution < 1.29 is 0 Å². The van der Waals surface area contributed by atoms with Gasteiger partial charge >= 0.3 is 0 Å². The van der Waals surface area contributed by atoms with Crippen molar-refractivity contribution >= 4 is 11.3 Å². The Balaban J connectivity index is 2.28. The molecule has 0 saturated heterocycles. The van der Waals surface area contributed by atoms with Crippen LogP contribution in [0.2, 0.25) is 0 Å². The summed E-state index contributed by atoms with van der Waals surface area (Å²) >= 11 is 0. The van der Waals surface area contributed by atoms with E-state index in [9.17, 15) is 0 Å². The lowest BCUT2D eigenvalue weighted by molar-refractivity contribution is 1.08. The van der Waals surface area contributed by atoms with Crippen molar-refractivity contribution in [1.82, 2.24) is 9.97 Å². The molecule has 0 saturated carbocycles. The van der Waals surface area contributed by atoms with Gasteiger partial charge in [0.2, 0.25) is 0 Å². The summed E-state index contributed by atoms with van der Waals surface area (Å²) in [4.78, 5) is 12.8. The molecule has 0 bridgehead atoms. The second-order valence-electron chi connectivity index (χ2n) is 3.17. The Labute approximate surface area is 77.3 Å². The molecule has 1 aliphatic rings. The van der Waals surface area contributed by atoms with Gasteiger partial charge in [-0.1, -0.05) is 0 Å². The van der Waals surface area contributed by atoms with Gasteiger partial charge in [-0.2, -0.15) is 0 Å². The Bertz CT molecular complexity index is 374. The minimum Gasteiger partial charge on any atom is -0.285 e. The highest BCUT2D eigenvalue weighted by Crippen LogP contribution is 2.15. The minimum atomic E-state index is 0.740. The summed E-state index contributed by atoms with van der Waals surface area (Å²) < 4.78 is 0. The number of hydrogen-bond acceptors (Lipinski definition) is 3. The maximum atomic E-state index is 4.29. The number of aryl methyl sites for hydroxylation is 1. The lowest BCUT2D eigenvalue weighted by Gasteiger charge is -1.98. The molecule has 0 aliphatic carbocycles. The highest BCUT2D eigenvalue weighted by atomic mass is 14.8. The van der Waals surface area contributed by atoms with Crippen molar-refractivity contribution in [3.8, 4) is 0 Å². The van der Waals surface area contributed by atoms with Gasteiger partial charge in [0.1, 0.15) is 0 Å². The summed E-state index contributed by atoms with van der Waals surface area (Å²) in [5.74, 6) is 0. The molecular weight excluding hydrogens is 162 g/mol. The van der Waals surface area contributed by atoms with Gasteiger partial charge in [0.05, 0.1) is 24.1 Å². The van der Waals surface area contributed by atoms with Crippen molar-refractivity contribution in [3.63, 3.8) is 0 Å². The number of nitrogens with zero attached hydrogens (tertiary/aromatic N) is 3. The Morgan fingerprint density at radius 3 is 2.54 bits per heavy atom. The Kier molecular flexibility index (Phi) is 1.93. The molecule has 1 aromatic rings. The highest BCUT2D eigenvalue weighted by Gasteiger charge is 2.08. The van der Waals surface area contributed by atoms with Crippen molar-refractivity contribution in [2.24, 2.45) is 4.99 Å². The molecule has 2 heterocycles. The monoisotopic (exact) mass is 173 g/mol. The zero-order valence-electron chi connectivity index (χ0n) is 7.78. The molecule has 0 atom stereocenters. The normalized spacial score (nSPS) is 15.5. The van der Waals surface area contributed by atoms with Gasteiger partial charge in [-0.05, 0) is 19.9 Å². The van der Waals surface area contributed by atoms with Crippen LogP contribution in [-0.2, 0) is 0 Å². The van der Waals surface area contributed by atoms with Crippen molar-refractivity contribution in [2.75, 3.05) is 6.54 Å². The lowest BCUT2D eigenvalue weighted by Crippen LogP contribution is -1.92. The van der Waals surface area contributed by atoms with Crippen LogP contribution in [0.5, 0.6) is 0 Å². The second kappa shape index (κ2) is 3.09. The molecule has 0 spiro atoms. The van der Waals surface area contributed by atoms with Gasteiger partial charge in [0.25, 0.3) is 0 Å². The number of aromatic nitrogens is 2. The molecule has 2 rings (SSSR count). The van der Waals surface area contributed by atoms with Crippen LogP contribution in [0.25, 0.3) is 5.57 Å². The molecule has 0 fully saturated rings. The summed E-state index contributed by atoms with van der Waals surface area (Å²) in [6.45, 7) is 4.67. The first kappa shape index (κ1) is 8.10. The van der Waals surface area contributed by atoms with Crippen LogP contribution in [0.4, 0.5) is 0 Å². The molecule has 1 aliphatic heterocycles. The SMILES string of the molecule is CC1=NCC(c2cnc(C)cn2)=C1. The van der Waals surface area contributed by atoms with Gasteiger partial charge in [0, 0.05) is 17.5 Å². The van der Waals surface area contributed by atoms with Crippen LogP contribution in [-0.4, -0.2) is 22.2 Å². The Morgan fingerprint density at radius 2 is 2.00 bits per heavy atom. The van der Waals surface area contributed by atoms with E-state index in [2.05, 4.69) is 21.0 Å². The van der Waals surface area contributed by atoms with E-state index in [4.69, 9.17) is 0 Å². The number of hydrogen-bond donors (Lipinski definition) is 0. The Morgan fingerprint density at radius 1 is 1.15 bits per heavy atom. The van der Waals surface area contributed by atoms with E-state index in [-0.39, 0.29) is 0 Å². The molecule has 13 heavy (non-hydrogen) atoms. The maximum Gasteiger partial charge on any atom is 0.0864 e. The number of rotatable bonds is 1. The van der Waals surface area contributed by atoms with Crippen LogP contribution in [0.1, 0.15) is 18.3 Å². The minimum absolute atomic E-state index is 0.740. The molecule has 0 N–H and O–H groups in total. The topological polar surface area (TPSA) is 38.1 Å². The first-order valence-corrected chi connectivity index (χ1v) is 4.26. The standard InChI is InChI=1S/C10H11N3/c1-7-3-9(5-11-7)10-6-12-8(2)4-13-10/h3-4,6H,5H2,1-2H3. The molecule has 0 radical (unpaired) electrons. The van der Waals surface area contributed by atoms with E-state index >= 15 is 0 Å². The second-order valence-corrected chi connectivity index (χ2v) is 3.17. The predicted octanol–water partition coefficient (Wildman–Crippen LogP) is 1.64. The molecule has 1 aromatic heterocycles.